The third kappa shape index (κ3) is 3.99. The summed E-state index contributed by atoms with van der Waals surface area (Å²) in [6, 6.07) is 8.52. The number of hydrogen-bond acceptors (Lipinski definition) is 5. The Labute approximate surface area is 135 Å². The van der Waals surface area contributed by atoms with Crippen molar-refractivity contribution in [3.63, 3.8) is 0 Å². The summed E-state index contributed by atoms with van der Waals surface area (Å²) in [6.07, 6.45) is 4.26. The van der Waals surface area contributed by atoms with Crippen LogP contribution < -0.4 is 9.47 Å². The quantitative estimate of drug-likeness (QED) is 0.458. The Balaban J connectivity index is 2.21. The van der Waals surface area contributed by atoms with E-state index in [0.29, 0.717) is 28.2 Å². The Kier molecular flexibility index (Phi) is 5.39. The van der Waals surface area contributed by atoms with Crippen LogP contribution in [0.25, 0.3) is 6.08 Å². The third-order valence-corrected chi connectivity index (χ3v) is 3.16. The zero-order chi connectivity index (χ0) is 15.9. The molecule has 2 aromatic rings. The van der Waals surface area contributed by atoms with Gasteiger partial charge in [-0.25, -0.2) is 4.79 Å². The van der Waals surface area contributed by atoms with E-state index in [1.165, 1.54) is 24.5 Å². The number of carbonyl (C=O) groups excluding carboxylic acids is 1. The molecular weight excluding hydrogens is 350 g/mol. The summed E-state index contributed by atoms with van der Waals surface area (Å²) in [6.45, 7) is 2.18. The normalized spacial score (nSPS) is 10.4. The lowest BCUT2D eigenvalue weighted by atomic mass is 10.2. The summed E-state index contributed by atoms with van der Waals surface area (Å²) in [5.74, 6) is 0.520. The van der Waals surface area contributed by atoms with Gasteiger partial charge in [-0.3, -0.25) is 0 Å². The monoisotopic (exact) mass is 361 g/mol. The van der Waals surface area contributed by atoms with Crippen molar-refractivity contribution in [2.24, 2.45) is 0 Å². The van der Waals surface area contributed by atoms with Crippen molar-refractivity contribution in [3.05, 3.63) is 52.4 Å². The Morgan fingerprint density at radius 1 is 1.50 bits per heavy atom. The maximum absolute atomic E-state index is 11.9. The molecule has 0 aliphatic heterocycles. The van der Waals surface area contributed by atoms with Crippen LogP contribution in [-0.4, -0.2) is 12.6 Å². The van der Waals surface area contributed by atoms with E-state index in [1.807, 2.05) is 6.07 Å². The van der Waals surface area contributed by atoms with Crippen LogP contribution in [0, 0.1) is 11.3 Å². The van der Waals surface area contributed by atoms with Gasteiger partial charge in [-0.05, 0) is 47.1 Å². The zero-order valence-electron chi connectivity index (χ0n) is 11.7. The van der Waals surface area contributed by atoms with Crippen LogP contribution >= 0.6 is 15.9 Å². The number of halogens is 1. The molecule has 22 heavy (non-hydrogen) atoms. The topological polar surface area (TPSA) is 72.5 Å². The fourth-order valence-electron chi connectivity index (χ4n) is 1.67. The molecule has 0 bridgehead atoms. The summed E-state index contributed by atoms with van der Waals surface area (Å²) in [5.41, 5.74) is 0.404. The first-order valence-corrected chi connectivity index (χ1v) is 7.23. The van der Waals surface area contributed by atoms with E-state index in [2.05, 4.69) is 15.9 Å². The molecule has 0 aliphatic carbocycles. The van der Waals surface area contributed by atoms with E-state index >= 15 is 0 Å². The summed E-state index contributed by atoms with van der Waals surface area (Å²) in [4.78, 5) is 11.9. The van der Waals surface area contributed by atoms with E-state index in [4.69, 9.17) is 19.2 Å². The van der Waals surface area contributed by atoms with Crippen LogP contribution in [0.4, 0.5) is 0 Å². The van der Waals surface area contributed by atoms with Gasteiger partial charge in [0.15, 0.2) is 11.5 Å². The summed E-state index contributed by atoms with van der Waals surface area (Å²) < 4.78 is 16.2. The molecule has 0 saturated heterocycles. The molecule has 0 atom stereocenters. The molecule has 0 saturated carbocycles. The average Bonchev–Trinajstić information content (AvgIpc) is 3.02. The average molecular weight is 362 g/mol. The molecule has 112 valence electrons. The predicted molar refractivity (Wildman–Crippen MR) is 83.4 cm³/mol. The van der Waals surface area contributed by atoms with Gasteiger partial charge in [0.25, 0.3) is 0 Å². The lowest BCUT2D eigenvalue weighted by Crippen LogP contribution is -2.06. The van der Waals surface area contributed by atoms with Crippen LogP contribution in [0.3, 0.4) is 0 Å². The summed E-state index contributed by atoms with van der Waals surface area (Å²) in [5, 5.41) is 8.96. The molecule has 0 fully saturated rings. The molecule has 1 heterocycles. The van der Waals surface area contributed by atoms with Crippen LogP contribution in [-0.2, 0) is 4.79 Å². The maximum atomic E-state index is 11.9. The fraction of sp³-hybridized carbons (Fsp3) is 0.125. The van der Waals surface area contributed by atoms with E-state index < -0.39 is 5.97 Å². The number of hydrogen-bond donors (Lipinski definition) is 0. The Morgan fingerprint density at radius 3 is 2.95 bits per heavy atom. The fourth-order valence-corrected chi connectivity index (χ4v) is 2.19. The Morgan fingerprint density at radius 2 is 2.32 bits per heavy atom. The van der Waals surface area contributed by atoms with Crippen molar-refractivity contribution < 1.29 is 18.7 Å². The minimum Gasteiger partial charge on any atom is -0.490 e. The highest BCUT2D eigenvalue weighted by atomic mass is 79.9. The first kappa shape index (κ1) is 15.9. The van der Waals surface area contributed by atoms with Gasteiger partial charge in [0, 0.05) is 12.1 Å². The number of benzene rings is 1. The number of ether oxygens (including phenoxy) is 2. The SMILES string of the molecule is CCOc1cc(C#N)cc(Br)c1OC(=O)/C=C/c1ccco1. The largest absolute Gasteiger partial charge is 0.490 e. The van der Waals surface area contributed by atoms with Gasteiger partial charge in [-0.15, -0.1) is 0 Å². The van der Waals surface area contributed by atoms with Gasteiger partial charge in [0.2, 0.25) is 0 Å². The number of rotatable bonds is 5. The van der Waals surface area contributed by atoms with Crippen LogP contribution in [0.5, 0.6) is 11.5 Å². The predicted octanol–water partition coefficient (Wildman–Crippen LogP) is 3.93. The molecule has 0 aliphatic rings. The highest BCUT2D eigenvalue weighted by Gasteiger charge is 2.15. The Hall–Kier alpha value is -2.52. The second kappa shape index (κ2) is 7.48. The smallest absolute Gasteiger partial charge is 0.336 e. The lowest BCUT2D eigenvalue weighted by molar-refractivity contribution is -0.129. The molecule has 6 heteroatoms. The molecule has 0 amide bonds. The van der Waals surface area contributed by atoms with Crippen molar-refractivity contribution in [1.29, 1.82) is 5.26 Å². The standard InChI is InChI=1S/C16H12BrNO4/c1-2-20-14-9-11(10-18)8-13(17)16(14)22-15(19)6-5-12-4-3-7-21-12/h3-9H,2H2,1H3/b6-5+. The van der Waals surface area contributed by atoms with Crippen molar-refractivity contribution in [2.75, 3.05) is 6.61 Å². The second-order valence-corrected chi connectivity index (χ2v) is 4.95. The summed E-state index contributed by atoms with van der Waals surface area (Å²) in [7, 11) is 0. The van der Waals surface area contributed by atoms with E-state index in [9.17, 15) is 4.79 Å². The van der Waals surface area contributed by atoms with Crippen molar-refractivity contribution in [1.82, 2.24) is 0 Å². The molecule has 0 unspecified atom stereocenters. The van der Waals surface area contributed by atoms with E-state index in [-0.39, 0.29) is 5.75 Å². The van der Waals surface area contributed by atoms with E-state index in [0.717, 1.165) is 0 Å². The van der Waals surface area contributed by atoms with Gasteiger partial charge in [0.1, 0.15) is 5.76 Å². The zero-order valence-corrected chi connectivity index (χ0v) is 13.3. The van der Waals surface area contributed by atoms with Gasteiger partial charge in [0.05, 0.1) is 29.0 Å². The second-order valence-electron chi connectivity index (χ2n) is 4.10. The minimum absolute atomic E-state index is 0.231. The third-order valence-electron chi connectivity index (χ3n) is 2.57. The molecular formula is C16H12BrNO4. The lowest BCUT2D eigenvalue weighted by Gasteiger charge is -2.11. The first-order valence-electron chi connectivity index (χ1n) is 6.44. The highest BCUT2D eigenvalue weighted by molar-refractivity contribution is 9.10. The number of carbonyl (C=O) groups is 1. The van der Waals surface area contributed by atoms with Crippen molar-refractivity contribution >= 4 is 28.0 Å². The number of esters is 1. The molecule has 0 radical (unpaired) electrons. The van der Waals surface area contributed by atoms with Gasteiger partial charge < -0.3 is 13.9 Å². The summed E-state index contributed by atoms with van der Waals surface area (Å²) >= 11 is 3.28. The van der Waals surface area contributed by atoms with Gasteiger partial charge >= 0.3 is 5.97 Å². The highest BCUT2D eigenvalue weighted by Crippen LogP contribution is 2.37. The molecule has 2 rings (SSSR count). The van der Waals surface area contributed by atoms with Gasteiger partial charge in [-0.1, -0.05) is 0 Å². The van der Waals surface area contributed by atoms with Gasteiger partial charge in [-0.2, -0.15) is 5.26 Å². The Bertz CT molecular complexity index is 729. The minimum atomic E-state index is -0.581. The molecule has 5 nitrogen and oxygen atoms in total. The molecule has 1 aromatic heterocycles. The van der Waals surface area contributed by atoms with Crippen LogP contribution in [0.2, 0.25) is 0 Å². The number of nitriles is 1. The maximum Gasteiger partial charge on any atom is 0.336 e. The molecule has 1 aromatic carbocycles. The number of furan rings is 1. The van der Waals surface area contributed by atoms with Crippen molar-refractivity contribution in [2.45, 2.75) is 6.92 Å². The number of nitrogens with zero attached hydrogens (tertiary/aromatic N) is 1. The van der Waals surface area contributed by atoms with Crippen LogP contribution in [0.15, 0.2) is 45.5 Å². The molecule has 0 spiro atoms. The van der Waals surface area contributed by atoms with E-state index in [1.54, 1.807) is 25.1 Å². The van der Waals surface area contributed by atoms with Crippen molar-refractivity contribution in [3.8, 4) is 17.6 Å². The molecule has 0 N–H and O–H groups in total. The van der Waals surface area contributed by atoms with Crippen LogP contribution in [0.1, 0.15) is 18.2 Å². The first-order chi connectivity index (χ1) is 10.6.